The van der Waals surface area contributed by atoms with Crippen LogP contribution in [-0.4, -0.2) is 58.0 Å². The van der Waals surface area contributed by atoms with E-state index in [1.807, 2.05) is 60.7 Å². The second kappa shape index (κ2) is 8.17. The number of furan rings is 1. The molecule has 178 valence electrons. The van der Waals surface area contributed by atoms with Crippen molar-refractivity contribution in [2.75, 3.05) is 24.5 Å². The fourth-order valence-corrected chi connectivity index (χ4v) is 6.28. The molecule has 35 heavy (non-hydrogen) atoms. The van der Waals surface area contributed by atoms with Gasteiger partial charge in [-0.25, -0.2) is 17.8 Å². The molecule has 10 heteroatoms. The molecule has 1 fully saturated rings. The van der Waals surface area contributed by atoms with E-state index in [0.717, 1.165) is 16.5 Å². The molecule has 9 nitrogen and oxygen atoms in total. The van der Waals surface area contributed by atoms with E-state index in [1.165, 1.54) is 0 Å². The van der Waals surface area contributed by atoms with Crippen LogP contribution in [0.5, 0.6) is 0 Å². The molecule has 1 aliphatic rings. The Morgan fingerprint density at radius 3 is 2.51 bits per heavy atom. The summed E-state index contributed by atoms with van der Waals surface area (Å²) in [5.74, 6) is 1.81. The Bertz CT molecular complexity index is 1630. The fourth-order valence-electron chi connectivity index (χ4n) is 4.67. The lowest BCUT2D eigenvalue weighted by Crippen LogP contribution is -2.54. The lowest BCUT2D eigenvalue weighted by atomic mass is 10.2. The number of aryl methyl sites for hydroxylation is 1. The van der Waals surface area contributed by atoms with E-state index in [2.05, 4.69) is 15.1 Å². The molecule has 5 aromatic rings. The Labute approximate surface area is 202 Å². The number of piperazine rings is 1. The first-order chi connectivity index (χ1) is 16.9. The topological polar surface area (TPSA) is 96.8 Å². The van der Waals surface area contributed by atoms with Gasteiger partial charge < -0.3 is 9.32 Å². The average Bonchev–Trinajstić information content (AvgIpc) is 3.54. The van der Waals surface area contributed by atoms with Crippen molar-refractivity contribution >= 4 is 32.5 Å². The standard InChI is InChI=1S/C25H24N6O3S/c1-17-9-11-19(12-10-17)35(32,33)30-14-13-29(16-18(30)2)25-26-21-7-4-3-6-20(21)23-27-28-24(31(23)25)22-8-5-15-34-22/h3-12,15,18H,13-14,16H2,1-2H3/t18-/m1/s1. The molecular weight excluding hydrogens is 464 g/mol. The van der Waals surface area contributed by atoms with Crippen LogP contribution in [0.25, 0.3) is 28.1 Å². The Balaban J connectivity index is 1.41. The molecule has 0 N–H and O–H groups in total. The summed E-state index contributed by atoms with van der Waals surface area (Å²) in [7, 11) is -3.60. The van der Waals surface area contributed by atoms with Gasteiger partial charge in [-0.05, 0) is 50.2 Å². The van der Waals surface area contributed by atoms with Crippen LogP contribution in [0.1, 0.15) is 12.5 Å². The summed E-state index contributed by atoms with van der Waals surface area (Å²) >= 11 is 0. The van der Waals surface area contributed by atoms with E-state index in [0.29, 0.717) is 47.7 Å². The van der Waals surface area contributed by atoms with Crippen molar-refractivity contribution in [2.24, 2.45) is 0 Å². The van der Waals surface area contributed by atoms with Crippen LogP contribution in [0.15, 0.2) is 76.2 Å². The van der Waals surface area contributed by atoms with Gasteiger partial charge in [-0.15, -0.1) is 10.2 Å². The van der Waals surface area contributed by atoms with E-state index in [9.17, 15) is 8.42 Å². The second-order valence-electron chi connectivity index (χ2n) is 8.81. The number of sulfonamides is 1. The van der Waals surface area contributed by atoms with Crippen molar-refractivity contribution in [3.63, 3.8) is 0 Å². The number of fused-ring (bicyclic) bond motifs is 3. The van der Waals surface area contributed by atoms with Crippen LogP contribution in [0.4, 0.5) is 5.95 Å². The minimum Gasteiger partial charge on any atom is -0.461 e. The average molecular weight is 489 g/mol. The third-order valence-electron chi connectivity index (χ3n) is 6.45. The smallest absolute Gasteiger partial charge is 0.243 e. The number of benzene rings is 2. The maximum Gasteiger partial charge on any atom is 0.243 e. The first kappa shape index (κ1) is 21.8. The van der Waals surface area contributed by atoms with Crippen LogP contribution in [0.2, 0.25) is 0 Å². The van der Waals surface area contributed by atoms with Gasteiger partial charge in [0.05, 0.1) is 16.7 Å². The highest BCUT2D eigenvalue weighted by atomic mass is 32.2. The van der Waals surface area contributed by atoms with Crippen LogP contribution in [0.3, 0.4) is 0 Å². The summed E-state index contributed by atoms with van der Waals surface area (Å²) in [6, 6.07) is 18.2. The summed E-state index contributed by atoms with van der Waals surface area (Å²) < 4.78 is 35.8. The molecular formula is C25H24N6O3S. The summed E-state index contributed by atoms with van der Waals surface area (Å²) in [6.45, 7) is 5.16. The van der Waals surface area contributed by atoms with Crippen LogP contribution in [0, 0.1) is 6.92 Å². The number of hydrogen-bond donors (Lipinski definition) is 0. The molecule has 0 unspecified atom stereocenters. The molecule has 0 aliphatic carbocycles. The summed E-state index contributed by atoms with van der Waals surface area (Å²) in [4.78, 5) is 7.37. The summed E-state index contributed by atoms with van der Waals surface area (Å²) in [5.41, 5.74) is 2.50. The lowest BCUT2D eigenvalue weighted by Gasteiger charge is -2.39. The van der Waals surface area contributed by atoms with Gasteiger partial charge >= 0.3 is 0 Å². The molecule has 1 aliphatic heterocycles. The van der Waals surface area contributed by atoms with Gasteiger partial charge in [0, 0.05) is 31.1 Å². The first-order valence-corrected chi connectivity index (χ1v) is 12.9. The zero-order valence-electron chi connectivity index (χ0n) is 19.4. The van der Waals surface area contributed by atoms with Gasteiger partial charge in [0.1, 0.15) is 0 Å². The maximum atomic E-state index is 13.4. The quantitative estimate of drug-likeness (QED) is 0.380. The molecule has 0 radical (unpaired) electrons. The number of anilines is 1. The highest BCUT2D eigenvalue weighted by Crippen LogP contribution is 2.30. The molecule has 4 heterocycles. The number of nitrogens with zero attached hydrogens (tertiary/aromatic N) is 6. The van der Waals surface area contributed by atoms with E-state index in [4.69, 9.17) is 9.40 Å². The van der Waals surface area contributed by atoms with Crippen molar-refractivity contribution in [1.82, 2.24) is 23.9 Å². The van der Waals surface area contributed by atoms with E-state index >= 15 is 0 Å². The lowest BCUT2D eigenvalue weighted by molar-refractivity contribution is 0.304. The Kier molecular flexibility index (Phi) is 5.08. The van der Waals surface area contributed by atoms with E-state index < -0.39 is 10.0 Å². The van der Waals surface area contributed by atoms with Gasteiger partial charge in [0.15, 0.2) is 11.4 Å². The number of para-hydroxylation sites is 1. The number of aromatic nitrogens is 4. The third kappa shape index (κ3) is 3.57. The SMILES string of the molecule is Cc1ccc(S(=O)(=O)N2CCN(c3nc4ccccc4c4nnc(-c5ccco5)n34)C[C@H]2C)cc1. The molecule has 0 bridgehead atoms. The fraction of sp³-hybridized carbons (Fsp3) is 0.240. The zero-order valence-corrected chi connectivity index (χ0v) is 20.2. The van der Waals surface area contributed by atoms with E-state index in [-0.39, 0.29) is 6.04 Å². The second-order valence-corrected chi connectivity index (χ2v) is 10.7. The molecule has 0 saturated carbocycles. The van der Waals surface area contributed by atoms with Gasteiger partial charge in [0.2, 0.25) is 21.8 Å². The van der Waals surface area contributed by atoms with Crippen LogP contribution >= 0.6 is 0 Å². The highest BCUT2D eigenvalue weighted by Gasteiger charge is 2.35. The molecule has 0 spiro atoms. The number of rotatable bonds is 4. The first-order valence-electron chi connectivity index (χ1n) is 11.4. The number of hydrogen-bond acceptors (Lipinski definition) is 7. The van der Waals surface area contributed by atoms with E-state index in [1.54, 1.807) is 28.8 Å². The minimum absolute atomic E-state index is 0.262. The van der Waals surface area contributed by atoms with Gasteiger partial charge in [-0.3, -0.25) is 0 Å². The molecule has 3 aromatic heterocycles. The van der Waals surface area contributed by atoms with Gasteiger partial charge in [-0.1, -0.05) is 29.8 Å². The normalized spacial score (nSPS) is 17.4. The zero-order chi connectivity index (χ0) is 24.2. The van der Waals surface area contributed by atoms with Gasteiger partial charge in [-0.2, -0.15) is 4.31 Å². The Hall–Kier alpha value is -3.76. The van der Waals surface area contributed by atoms with Gasteiger partial charge in [0.25, 0.3) is 0 Å². The molecule has 0 amide bonds. The minimum atomic E-state index is -3.60. The highest BCUT2D eigenvalue weighted by molar-refractivity contribution is 7.89. The van der Waals surface area contributed by atoms with Crippen LogP contribution < -0.4 is 4.90 Å². The Morgan fingerprint density at radius 2 is 1.77 bits per heavy atom. The maximum absolute atomic E-state index is 13.4. The van der Waals surface area contributed by atoms with Crippen molar-refractivity contribution in [3.05, 3.63) is 72.5 Å². The monoisotopic (exact) mass is 488 g/mol. The summed E-state index contributed by atoms with van der Waals surface area (Å²) in [6.07, 6.45) is 1.60. The van der Waals surface area contributed by atoms with Crippen molar-refractivity contribution in [3.8, 4) is 11.6 Å². The molecule has 1 saturated heterocycles. The molecule has 6 rings (SSSR count). The predicted molar refractivity (Wildman–Crippen MR) is 133 cm³/mol. The largest absolute Gasteiger partial charge is 0.461 e. The van der Waals surface area contributed by atoms with Crippen molar-refractivity contribution < 1.29 is 12.8 Å². The molecule has 2 aromatic carbocycles. The Morgan fingerprint density at radius 1 is 0.971 bits per heavy atom. The van der Waals surface area contributed by atoms with Crippen LogP contribution in [-0.2, 0) is 10.0 Å². The molecule has 1 atom stereocenters. The van der Waals surface area contributed by atoms with Crippen molar-refractivity contribution in [1.29, 1.82) is 0 Å². The predicted octanol–water partition coefficient (Wildman–Crippen LogP) is 3.75. The summed E-state index contributed by atoms with van der Waals surface area (Å²) in [5, 5.41) is 9.75. The van der Waals surface area contributed by atoms with Crippen molar-refractivity contribution in [2.45, 2.75) is 24.8 Å². The third-order valence-corrected chi connectivity index (χ3v) is 8.47.